The Labute approximate surface area is 98.2 Å². The van der Waals surface area contributed by atoms with E-state index >= 15 is 0 Å². The van der Waals surface area contributed by atoms with Gasteiger partial charge in [0.1, 0.15) is 11.0 Å². The first-order chi connectivity index (χ1) is 7.77. The molecule has 1 amide bonds. The van der Waals surface area contributed by atoms with Gasteiger partial charge in [-0.2, -0.15) is 0 Å². The fourth-order valence-electron chi connectivity index (χ4n) is 1.56. The quantitative estimate of drug-likeness (QED) is 0.799. The van der Waals surface area contributed by atoms with Gasteiger partial charge in [0.05, 0.1) is 19.3 Å². The van der Waals surface area contributed by atoms with E-state index in [1.807, 2.05) is 12.3 Å². The molecule has 0 radical (unpaired) electrons. The monoisotopic (exact) mass is 241 g/mol. The lowest BCUT2D eigenvalue weighted by Crippen LogP contribution is -2.51. The Morgan fingerprint density at radius 2 is 2.69 bits per heavy atom. The topological polar surface area (TPSA) is 63.2 Å². The highest BCUT2D eigenvalue weighted by Crippen LogP contribution is 2.14. The third-order valence-corrected chi connectivity index (χ3v) is 3.38. The summed E-state index contributed by atoms with van der Waals surface area (Å²) in [5.41, 5.74) is 0. The Kier molecular flexibility index (Phi) is 3.87. The lowest BCUT2D eigenvalue weighted by molar-refractivity contribution is -0.126. The van der Waals surface area contributed by atoms with Gasteiger partial charge in [-0.25, -0.2) is 4.98 Å². The maximum Gasteiger partial charge on any atom is 0.240 e. The molecule has 0 saturated carbocycles. The largest absolute Gasteiger partial charge is 0.378 e. The molecule has 1 fully saturated rings. The van der Waals surface area contributed by atoms with E-state index in [9.17, 15) is 4.79 Å². The normalized spacial score (nSPS) is 22.7. The molecule has 1 saturated heterocycles. The number of carbonyl (C=O) groups excluding carboxylic acids is 1. The van der Waals surface area contributed by atoms with Gasteiger partial charge in [-0.3, -0.25) is 4.79 Å². The third kappa shape index (κ3) is 2.78. The number of hydrogen-bond acceptors (Lipinski definition) is 5. The van der Waals surface area contributed by atoms with Crippen molar-refractivity contribution in [1.82, 2.24) is 15.6 Å². The Morgan fingerprint density at radius 1 is 1.81 bits per heavy atom. The molecule has 16 heavy (non-hydrogen) atoms. The molecular weight excluding hydrogens is 226 g/mol. The molecule has 0 aromatic carbocycles. The summed E-state index contributed by atoms with van der Waals surface area (Å²) in [6.45, 7) is 3.77. The summed E-state index contributed by atoms with van der Waals surface area (Å²) in [5, 5.41) is 8.86. The van der Waals surface area contributed by atoms with Crippen molar-refractivity contribution < 1.29 is 9.53 Å². The molecule has 1 aliphatic rings. The maximum atomic E-state index is 11.8. The second kappa shape index (κ2) is 5.38. The Bertz CT molecular complexity index is 336. The van der Waals surface area contributed by atoms with Crippen molar-refractivity contribution in [2.24, 2.45) is 0 Å². The number of nitrogens with zero attached hydrogens (tertiary/aromatic N) is 1. The molecule has 1 aliphatic heterocycles. The van der Waals surface area contributed by atoms with E-state index in [4.69, 9.17) is 4.74 Å². The van der Waals surface area contributed by atoms with Crippen LogP contribution >= 0.6 is 11.3 Å². The molecular formula is C10H15N3O2S. The summed E-state index contributed by atoms with van der Waals surface area (Å²) >= 11 is 1.54. The number of rotatable bonds is 3. The van der Waals surface area contributed by atoms with E-state index < -0.39 is 0 Å². The molecule has 88 valence electrons. The fraction of sp³-hybridized carbons (Fsp3) is 0.600. The minimum atomic E-state index is -0.240. The van der Waals surface area contributed by atoms with Gasteiger partial charge in [0, 0.05) is 18.1 Å². The first-order valence-electron chi connectivity index (χ1n) is 5.28. The Balaban J connectivity index is 1.86. The van der Waals surface area contributed by atoms with Crippen LogP contribution in [0.15, 0.2) is 11.6 Å². The van der Waals surface area contributed by atoms with Crippen molar-refractivity contribution in [2.75, 3.05) is 19.8 Å². The Morgan fingerprint density at radius 3 is 3.31 bits per heavy atom. The first kappa shape index (κ1) is 11.5. The third-order valence-electron chi connectivity index (χ3n) is 2.42. The highest BCUT2D eigenvalue weighted by Gasteiger charge is 2.23. The number of morpholine rings is 1. The molecule has 1 aromatic rings. The number of aromatic nitrogens is 1. The Hall–Kier alpha value is -0.980. The minimum Gasteiger partial charge on any atom is -0.378 e. The fourth-order valence-corrected chi connectivity index (χ4v) is 2.20. The van der Waals surface area contributed by atoms with Crippen molar-refractivity contribution in [3.63, 3.8) is 0 Å². The number of hydrogen-bond donors (Lipinski definition) is 2. The number of nitrogens with one attached hydrogen (secondary N) is 2. The van der Waals surface area contributed by atoms with Crippen LogP contribution in [0.4, 0.5) is 0 Å². The predicted molar refractivity (Wildman–Crippen MR) is 61.3 cm³/mol. The van der Waals surface area contributed by atoms with Crippen LogP contribution in [0.25, 0.3) is 0 Å². The molecule has 6 heteroatoms. The van der Waals surface area contributed by atoms with Crippen molar-refractivity contribution in [2.45, 2.75) is 19.0 Å². The summed E-state index contributed by atoms with van der Waals surface area (Å²) in [5.74, 6) is -0.0256. The summed E-state index contributed by atoms with van der Waals surface area (Å²) < 4.78 is 5.24. The molecule has 2 N–H and O–H groups in total. The molecule has 5 nitrogen and oxygen atoms in total. The number of ether oxygens (including phenoxy) is 1. The van der Waals surface area contributed by atoms with Gasteiger partial charge in [-0.05, 0) is 6.92 Å². The lowest BCUT2D eigenvalue weighted by Gasteiger charge is -2.24. The molecule has 2 rings (SSSR count). The van der Waals surface area contributed by atoms with E-state index in [0.717, 1.165) is 11.6 Å². The van der Waals surface area contributed by atoms with E-state index in [1.165, 1.54) is 0 Å². The molecule has 2 unspecified atom stereocenters. The summed E-state index contributed by atoms with van der Waals surface area (Å²) in [6.07, 6.45) is 1.74. The van der Waals surface area contributed by atoms with Gasteiger partial charge in [-0.1, -0.05) is 0 Å². The number of amides is 1. The van der Waals surface area contributed by atoms with Crippen LogP contribution in [0.1, 0.15) is 18.0 Å². The molecule has 0 bridgehead atoms. The first-order valence-corrected chi connectivity index (χ1v) is 6.16. The number of thiazole rings is 1. The maximum absolute atomic E-state index is 11.8. The van der Waals surface area contributed by atoms with Crippen LogP contribution < -0.4 is 10.6 Å². The minimum absolute atomic E-state index is 0.0256. The van der Waals surface area contributed by atoms with Crippen molar-refractivity contribution in [3.05, 3.63) is 16.6 Å². The van der Waals surface area contributed by atoms with Crippen molar-refractivity contribution in [1.29, 1.82) is 0 Å². The highest BCUT2D eigenvalue weighted by molar-refractivity contribution is 7.09. The summed E-state index contributed by atoms with van der Waals surface area (Å²) in [4.78, 5) is 16.0. The van der Waals surface area contributed by atoms with Crippen LogP contribution in [0.5, 0.6) is 0 Å². The second-order valence-electron chi connectivity index (χ2n) is 3.68. The van der Waals surface area contributed by atoms with E-state index in [0.29, 0.717) is 13.2 Å². The molecule has 2 heterocycles. The summed E-state index contributed by atoms with van der Waals surface area (Å²) in [6, 6.07) is -0.285. The smallest absolute Gasteiger partial charge is 0.240 e. The second-order valence-corrected chi connectivity index (χ2v) is 4.61. The van der Waals surface area contributed by atoms with E-state index in [-0.39, 0.29) is 18.0 Å². The summed E-state index contributed by atoms with van der Waals surface area (Å²) in [7, 11) is 0. The van der Waals surface area contributed by atoms with Gasteiger partial charge in [0.15, 0.2) is 0 Å². The SMILES string of the molecule is CC(NC(=O)C1COCCN1)c1nccs1. The van der Waals surface area contributed by atoms with Gasteiger partial charge < -0.3 is 15.4 Å². The van der Waals surface area contributed by atoms with Crippen LogP contribution in [0, 0.1) is 0 Å². The van der Waals surface area contributed by atoms with Gasteiger partial charge in [0.25, 0.3) is 0 Å². The average molecular weight is 241 g/mol. The predicted octanol–water partition coefficient (Wildman–Crippen LogP) is 0.309. The van der Waals surface area contributed by atoms with Gasteiger partial charge >= 0.3 is 0 Å². The van der Waals surface area contributed by atoms with Crippen LogP contribution in [0.3, 0.4) is 0 Å². The average Bonchev–Trinajstić information content (AvgIpc) is 2.83. The zero-order chi connectivity index (χ0) is 11.4. The van der Waals surface area contributed by atoms with Crippen molar-refractivity contribution >= 4 is 17.2 Å². The highest BCUT2D eigenvalue weighted by atomic mass is 32.1. The van der Waals surface area contributed by atoms with Crippen LogP contribution in [-0.4, -0.2) is 36.7 Å². The number of carbonyl (C=O) groups is 1. The van der Waals surface area contributed by atoms with Crippen LogP contribution in [0.2, 0.25) is 0 Å². The molecule has 2 atom stereocenters. The van der Waals surface area contributed by atoms with Gasteiger partial charge in [0.2, 0.25) is 5.91 Å². The lowest BCUT2D eigenvalue weighted by atomic mass is 10.2. The molecule has 0 spiro atoms. The van der Waals surface area contributed by atoms with E-state index in [1.54, 1.807) is 17.5 Å². The van der Waals surface area contributed by atoms with Gasteiger partial charge in [-0.15, -0.1) is 11.3 Å². The molecule has 1 aromatic heterocycles. The zero-order valence-electron chi connectivity index (χ0n) is 9.10. The zero-order valence-corrected chi connectivity index (χ0v) is 9.92. The van der Waals surface area contributed by atoms with Crippen LogP contribution in [-0.2, 0) is 9.53 Å². The van der Waals surface area contributed by atoms with Crippen molar-refractivity contribution in [3.8, 4) is 0 Å². The standard InChI is InChI=1S/C10H15N3O2S/c1-7(10-12-3-5-16-10)13-9(14)8-6-15-4-2-11-8/h3,5,7-8,11H,2,4,6H2,1H3,(H,13,14). The molecule has 0 aliphatic carbocycles. The van der Waals surface area contributed by atoms with E-state index in [2.05, 4.69) is 15.6 Å².